The average Bonchev–Trinajstić information content (AvgIpc) is 2.56. The third-order valence-electron chi connectivity index (χ3n) is 4.55. The first-order chi connectivity index (χ1) is 8.78. The van der Waals surface area contributed by atoms with Crippen molar-refractivity contribution in [1.29, 1.82) is 0 Å². The van der Waals surface area contributed by atoms with E-state index < -0.39 is 5.60 Å². The van der Waals surface area contributed by atoms with E-state index in [1.54, 1.807) is 11.3 Å². The first kappa shape index (κ1) is 15.0. The quantitative estimate of drug-likeness (QED) is 0.817. The van der Waals surface area contributed by atoms with Gasteiger partial charge in [0.15, 0.2) is 0 Å². The van der Waals surface area contributed by atoms with E-state index in [-0.39, 0.29) is 0 Å². The lowest BCUT2D eigenvalue weighted by molar-refractivity contribution is 0.0218. The summed E-state index contributed by atoms with van der Waals surface area (Å²) in [6.07, 6.45) is 6.11. The molecule has 0 amide bonds. The Morgan fingerprint density at radius 2 is 2.11 bits per heavy atom. The highest BCUT2D eigenvalue weighted by molar-refractivity contribution is 7.09. The van der Waals surface area contributed by atoms with Gasteiger partial charge in [0.05, 0.1) is 16.3 Å². The summed E-state index contributed by atoms with van der Waals surface area (Å²) in [5, 5.41) is 14.1. The Morgan fingerprint density at radius 1 is 1.37 bits per heavy atom. The molecule has 1 fully saturated rings. The highest BCUT2D eigenvalue weighted by Crippen LogP contribution is 2.40. The van der Waals surface area contributed by atoms with E-state index in [1.165, 1.54) is 6.42 Å². The lowest BCUT2D eigenvalue weighted by atomic mass is 9.76. The van der Waals surface area contributed by atoms with Crippen LogP contribution in [0.25, 0.3) is 0 Å². The van der Waals surface area contributed by atoms with Gasteiger partial charge in [0.1, 0.15) is 0 Å². The van der Waals surface area contributed by atoms with Crippen LogP contribution in [-0.2, 0) is 6.42 Å². The van der Waals surface area contributed by atoms with Crippen LogP contribution in [0.3, 0.4) is 0 Å². The molecule has 19 heavy (non-hydrogen) atoms. The monoisotopic (exact) mass is 281 g/mol. The van der Waals surface area contributed by atoms with Crippen molar-refractivity contribution in [3.05, 3.63) is 16.1 Å². The predicted octanol–water partition coefficient (Wildman–Crippen LogP) is 4.35. The van der Waals surface area contributed by atoms with E-state index in [1.807, 2.05) is 6.92 Å². The normalized spacial score (nSPS) is 29.2. The minimum Gasteiger partial charge on any atom is -0.389 e. The summed E-state index contributed by atoms with van der Waals surface area (Å²) in [7, 11) is 0. The second kappa shape index (κ2) is 5.53. The molecule has 108 valence electrons. The standard InChI is InChI=1S/C16H27NOS/c1-12-17-14(11-19-12)10-16(18)8-5-6-13(7-9-16)15(2,3)4/h11,13,18H,5-10H2,1-4H3. The predicted molar refractivity (Wildman–Crippen MR) is 81.5 cm³/mol. The number of aromatic nitrogens is 1. The lowest BCUT2D eigenvalue weighted by Crippen LogP contribution is -2.31. The molecule has 1 aromatic heterocycles. The molecule has 0 aromatic carbocycles. The van der Waals surface area contributed by atoms with Crippen molar-refractivity contribution >= 4 is 11.3 Å². The van der Waals surface area contributed by atoms with Gasteiger partial charge in [-0.05, 0) is 43.9 Å². The lowest BCUT2D eigenvalue weighted by Gasteiger charge is -2.30. The molecule has 0 spiro atoms. The largest absolute Gasteiger partial charge is 0.389 e. The van der Waals surface area contributed by atoms with Crippen LogP contribution in [-0.4, -0.2) is 15.7 Å². The first-order valence-electron chi connectivity index (χ1n) is 7.42. The third kappa shape index (κ3) is 4.03. The van der Waals surface area contributed by atoms with Crippen molar-refractivity contribution in [2.75, 3.05) is 0 Å². The topological polar surface area (TPSA) is 33.1 Å². The van der Waals surface area contributed by atoms with Gasteiger partial charge in [0, 0.05) is 11.8 Å². The molecule has 1 N–H and O–H groups in total. The van der Waals surface area contributed by atoms with Crippen molar-refractivity contribution < 1.29 is 5.11 Å². The van der Waals surface area contributed by atoms with Gasteiger partial charge < -0.3 is 5.11 Å². The fraction of sp³-hybridized carbons (Fsp3) is 0.812. The van der Waals surface area contributed by atoms with Crippen LogP contribution in [0.1, 0.15) is 63.6 Å². The summed E-state index contributed by atoms with van der Waals surface area (Å²) in [6.45, 7) is 9.00. The Morgan fingerprint density at radius 3 is 2.68 bits per heavy atom. The number of aryl methyl sites for hydroxylation is 1. The molecular weight excluding hydrogens is 254 g/mol. The molecule has 1 aromatic rings. The fourth-order valence-electron chi connectivity index (χ4n) is 3.26. The molecular formula is C16H27NOS. The molecule has 2 unspecified atom stereocenters. The molecule has 0 saturated heterocycles. The zero-order chi connectivity index (χ0) is 14.1. The van der Waals surface area contributed by atoms with Gasteiger partial charge in [-0.2, -0.15) is 0 Å². The maximum Gasteiger partial charge on any atom is 0.0897 e. The van der Waals surface area contributed by atoms with E-state index in [0.29, 0.717) is 5.41 Å². The van der Waals surface area contributed by atoms with Crippen LogP contribution in [0.15, 0.2) is 5.38 Å². The van der Waals surface area contributed by atoms with Gasteiger partial charge in [-0.1, -0.05) is 27.2 Å². The third-order valence-corrected chi connectivity index (χ3v) is 5.38. The van der Waals surface area contributed by atoms with E-state index in [2.05, 4.69) is 31.1 Å². The number of thiazole rings is 1. The first-order valence-corrected chi connectivity index (χ1v) is 8.30. The Kier molecular flexibility index (Phi) is 4.36. The van der Waals surface area contributed by atoms with E-state index >= 15 is 0 Å². The summed E-state index contributed by atoms with van der Waals surface area (Å²) in [5.74, 6) is 0.735. The van der Waals surface area contributed by atoms with Gasteiger partial charge in [0.25, 0.3) is 0 Å². The zero-order valence-electron chi connectivity index (χ0n) is 12.7. The summed E-state index contributed by atoms with van der Waals surface area (Å²) >= 11 is 1.68. The molecule has 2 rings (SSSR count). The Bertz CT molecular complexity index is 421. The summed E-state index contributed by atoms with van der Waals surface area (Å²) in [6, 6.07) is 0. The molecule has 3 heteroatoms. The molecule has 0 bridgehead atoms. The number of rotatable bonds is 2. The summed E-state index contributed by atoms with van der Waals surface area (Å²) in [5.41, 5.74) is 0.905. The minimum absolute atomic E-state index is 0.364. The average molecular weight is 281 g/mol. The highest BCUT2D eigenvalue weighted by Gasteiger charge is 2.35. The molecule has 2 atom stereocenters. The smallest absolute Gasteiger partial charge is 0.0897 e. The maximum absolute atomic E-state index is 10.9. The Labute approximate surface area is 121 Å². The van der Waals surface area contributed by atoms with Crippen molar-refractivity contribution in [2.45, 2.75) is 71.8 Å². The number of hydrogen-bond acceptors (Lipinski definition) is 3. The van der Waals surface area contributed by atoms with Gasteiger partial charge >= 0.3 is 0 Å². The van der Waals surface area contributed by atoms with Crippen molar-refractivity contribution in [3.8, 4) is 0 Å². The van der Waals surface area contributed by atoms with E-state index in [0.717, 1.165) is 48.7 Å². The fourth-order valence-corrected chi connectivity index (χ4v) is 3.87. The van der Waals surface area contributed by atoms with Crippen LogP contribution < -0.4 is 0 Å². The Balaban J connectivity index is 2.01. The van der Waals surface area contributed by atoms with Crippen LogP contribution >= 0.6 is 11.3 Å². The molecule has 1 aliphatic carbocycles. The minimum atomic E-state index is -0.527. The molecule has 0 aliphatic heterocycles. The van der Waals surface area contributed by atoms with E-state index in [9.17, 15) is 5.11 Å². The molecule has 1 aliphatic rings. The van der Waals surface area contributed by atoms with Gasteiger partial charge in [-0.25, -0.2) is 4.98 Å². The molecule has 1 heterocycles. The van der Waals surface area contributed by atoms with Crippen LogP contribution in [0.2, 0.25) is 0 Å². The van der Waals surface area contributed by atoms with Gasteiger partial charge in [0.2, 0.25) is 0 Å². The zero-order valence-corrected chi connectivity index (χ0v) is 13.5. The van der Waals surface area contributed by atoms with Crippen molar-refractivity contribution in [1.82, 2.24) is 4.98 Å². The van der Waals surface area contributed by atoms with E-state index in [4.69, 9.17) is 0 Å². The SMILES string of the molecule is Cc1nc(CC2(O)CCCC(C(C)(C)C)CC2)cs1. The number of aliphatic hydroxyl groups is 1. The van der Waals surface area contributed by atoms with Crippen LogP contribution in [0.5, 0.6) is 0 Å². The van der Waals surface area contributed by atoms with Crippen molar-refractivity contribution in [2.24, 2.45) is 11.3 Å². The van der Waals surface area contributed by atoms with Crippen LogP contribution in [0.4, 0.5) is 0 Å². The highest BCUT2D eigenvalue weighted by atomic mass is 32.1. The van der Waals surface area contributed by atoms with Crippen LogP contribution in [0, 0.1) is 18.3 Å². The second-order valence-corrected chi connectivity index (χ2v) is 8.32. The molecule has 2 nitrogen and oxygen atoms in total. The van der Waals surface area contributed by atoms with Gasteiger partial charge in [-0.15, -0.1) is 11.3 Å². The molecule has 0 radical (unpaired) electrons. The van der Waals surface area contributed by atoms with Crippen molar-refractivity contribution in [3.63, 3.8) is 0 Å². The summed E-state index contributed by atoms with van der Waals surface area (Å²) < 4.78 is 0. The second-order valence-electron chi connectivity index (χ2n) is 7.25. The number of nitrogens with zero attached hydrogens (tertiary/aromatic N) is 1. The van der Waals surface area contributed by atoms with Gasteiger partial charge in [-0.3, -0.25) is 0 Å². The summed E-state index contributed by atoms with van der Waals surface area (Å²) in [4.78, 5) is 4.51. The molecule has 1 saturated carbocycles. The Hall–Kier alpha value is -0.410. The maximum atomic E-state index is 10.9. The number of hydrogen-bond donors (Lipinski definition) is 1.